The highest BCUT2D eigenvalue weighted by atomic mass is 16.4. The average Bonchev–Trinajstić information content (AvgIpc) is 2.43. The van der Waals surface area contributed by atoms with Crippen LogP contribution in [-0.4, -0.2) is 28.0 Å². The van der Waals surface area contributed by atoms with Gasteiger partial charge in [0.15, 0.2) is 0 Å². The molecule has 1 amide bonds. The Morgan fingerprint density at radius 3 is 2.57 bits per heavy atom. The number of amides is 1. The number of para-hydroxylation sites is 1. The van der Waals surface area contributed by atoms with Crippen molar-refractivity contribution in [3.8, 4) is 0 Å². The fraction of sp³-hybridized carbons (Fsp3) is 0.267. The normalized spacial score (nSPS) is 12.3. The molecule has 0 bridgehead atoms. The predicted octanol–water partition coefficient (Wildman–Crippen LogP) is 1.66. The van der Waals surface area contributed by atoms with Crippen LogP contribution in [-0.2, 0) is 4.79 Å². The lowest BCUT2D eigenvalue weighted by Gasteiger charge is -2.17. The van der Waals surface area contributed by atoms with Gasteiger partial charge in [-0.05, 0) is 18.1 Å². The Hall–Kier alpha value is -2.63. The van der Waals surface area contributed by atoms with Gasteiger partial charge in [0, 0.05) is 11.1 Å². The lowest BCUT2D eigenvalue weighted by Crippen LogP contribution is -2.44. The molecule has 2 rings (SSSR count). The number of hydrogen-bond acceptors (Lipinski definition) is 4. The highest BCUT2D eigenvalue weighted by Crippen LogP contribution is 2.20. The second-order valence-corrected chi connectivity index (χ2v) is 5.15. The number of aliphatic carboxylic acids is 1. The van der Waals surface area contributed by atoms with Gasteiger partial charge in [-0.3, -0.25) is 4.79 Å². The minimum Gasteiger partial charge on any atom is -0.480 e. The van der Waals surface area contributed by atoms with Crippen molar-refractivity contribution in [1.82, 2.24) is 10.3 Å². The summed E-state index contributed by atoms with van der Waals surface area (Å²) in [6.45, 7) is 3.45. The zero-order valence-electron chi connectivity index (χ0n) is 11.8. The average molecular weight is 287 g/mol. The van der Waals surface area contributed by atoms with E-state index in [1.54, 1.807) is 26.0 Å². The third-order valence-corrected chi connectivity index (χ3v) is 3.20. The second kappa shape index (κ2) is 5.78. The molecule has 0 fully saturated rings. The molecule has 0 aliphatic heterocycles. The SMILES string of the molecule is CC(C)[C@@H](NC(=O)c1cc(N)c2ccccc2n1)C(=O)O. The number of pyridine rings is 1. The van der Waals surface area contributed by atoms with Crippen molar-refractivity contribution in [2.75, 3.05) is 5.73 Å². The first kappa shape index (κ1) is 14.8. The Kier molecular flexibility index (Phi) is 4.07. The number of hydrogen-bond donors (Lipinski definition) is 3. The van der Waals surface area contributed by atoms with Gasteiger partial charge in [0.1, 0.15) is 11.7 Å². The van der Waals surface area contributed by atoms with Crippen molar-refractivity contribution in [2.24, 2.45) is 5.92 Å². The molecule has 21 heavy (non-hydrogen) atoms. The van der Waals surface area contributed by atoms with Crippen molar-refractivity contribution < 1.29 is 14.7 Å². The number of nitrogens with one attached hydrogen (secondary N) is 1. The van der Waals surface area contributed by atoms with E-state index in [9.17, 15) is 9.59 Å². The number of carboxylic acids is 1. The third-order valence-electron chi connectivity index (χ3n) is 3.20. The molecule has 0 radical (unpaired) electrons. The number of carboxylic acid groups (broad SMARTS) is 1. The zero-order valence-corrected chi connectivity index (χ0v) is 11.8. The van der Waals surface area contributed by atoms with Gasteiger partial charge in [0.25, 0.3) is 5.91 Å². The lowest BCUT2D eigenvalue weighted by molar-refractivity contribution is -0.140. The van der Waals surface area contributed by atoms with Crippen LogP contribution in [0.5, 0.6) is 0 Å². The molecule has 6 nitrogen and oxygen atoms in total. The molecule has 110 valence electrons. The number of carbonyl (C=O) groups is 2. The van der Waals surface area contributed by atoms with E-state index < -0.39 is 17.9 Å². The molecule has 0 unspecified atom stereocenters. The maximum Gasteiger partial charge on any atom is 0.326 e. The molecule has 0 aliphatic carbocycles. The van der Waals surface area contributed by atoms with Gasteiger partial charge in [-0.1, -0.05) is 32.0 Å². The maximum atomic E-state index is 12.2. The van der Waals surface area contributed by atoms with Crippen LogP contribution in [0, 0.1) is 5.92 Å². The van der Waals surface area contributed by atoms with Gasteiger partial charge < -0.3 is 16.2 Å². The Balaban J connectivity index is 2.33. The fourth-order valence-corrected chi connectivity index (χ4v) is 2.05. The van der Waals surface area contributed by atoms with Crippen LogP contribution in [0.3, 0.4) is 0 Å². The van der Waals surface area contributed by atoms with E-state index in [1.165, 1.54) is 6.07 Å². The molecule has 0 aliphatic rings. The van der Waals surface area contributed by atoms with Crippen LogP contribution in [0.1, 0.15) is 24.3 Å². The molecule has 1 atom stereocenters. The van der Waals surface area contributed by atoms with Crippen molar-refractivity contribution in [3.05, 3.63) is 36.0 Å². The lowest BCUT2D eigenvalue weighted by atomic mass is 10.0. The predicted molar refractivity (Wildman–Crippen MR) is 79.9 cm³/mol. The number of anilines is 1. The number of benzene rings is 1. The molecule has 0 saturated carbocycles. The van der Waals surface area contributed by atoms with Crippen molar-refractivity contribution in [3.63, 3.8) is 0 Å². The number of carbonyl (C=O) groups excluding carboxylic acids is 1. The summed E-state index contributed by atoms with van der Waals surface area (Å²) in [5.41, 5.74) is 7.05. The van der Waals surface area contributed by atoms with Crippen LogP contribution < -0.4 is 11.1 Å². The van der Waals surface area contributed by atoms with Gasteiger partial charge >= 0.3 is 5.97 Å². The number of nitrogens with zero attached hydrogens (tertiary/aromatic N) is 1. The first-order chi connectivity index (χ1) is 9.90. The van der Waals surface area contributed by atoms with Crippen LogP contribution in [0.2, 0.25) is 0 Å². The quantitative estimate of drug-likeness (QED) is 0.793. The molecule has 4 N–H and O–H groups in total. The first-order valence-corrected chi connectivity index (χ1v) is 6.59. The minimum atomic E-state index is -1.08. The molecule has 2 aromatic rings. The summed E-state index contributed by atoms with van der Waals surface area (Å²) in [6, 6.07) is 7.68. The Bertz CT molecular complexity index is 698. The Labute approximate surface area is 122 Å². The Morgan fingerprint density at radius 2 is 1.95 bits per heavy atom. The minimum absolute atomic E-state index is 0.109. The van der Waals surface area contributed by atoms with Gasteiger partial charge in [-0.2, -0.15) is 0 Å². The zero-order chi connectivity index (χ0) is 15.6. The van der Waals surface area contributed by atoms with E-state index in [0.717, 1.165) is 5.39 Å². The van der Waals surface area contributed by atoms with Gasteiger partial charge in [-0.15, -0.1) is 0 Å². The van der Waals surface area contributed by atoms with Gasteiger partial charge in [-0.25, -0.2) is 9.78 Å². The summed E-state index contributed by atoms with van der Waals surface area (Å²) in [4.78, 5) is 27.5. The maximum absolute atomic E-state index is 12.2. The van der Waals surface area contributed by atoms with E-state index in [4.69, 9.17) is 10.8 Å². The van der Waals surface area contributed by atoms with E-state index in [0.29, 0.717) is 11.2 Å². The summed E-state index contributed by atoms with van der Waals surface area (Å²) in [5.74, 6) is -1.86. The topological polar surface area (TPSA) is 105 Å². The number of fused-ring (bicyclic) bond motifs is 1. The number of aromatic nitrogens is 1. The summed E-state index contributed by atoms with van der Waals surface area (Å²) in [5, 5.41) is 12.3. The Morgan fingerprint density at radius 1 is 1.29 bits per heavy atom. The van der Waals surface area contributed by atoms with Crippen LogP contribution in [0.4, 0.5) is 5.69 Å². The standard InChI is InChI=1S/C15H17N3O3/c1-8(2)13(15(20)21)18-14(19)12-7-10(16)9-5-3-4-6-11(9)17-12/h3-8,13H,1-2H3,(H2,16,17)(H,18,19)(H,20,21)/t13-/m1/s1. The number of rotatable bonds is 4. The second-order valence-electron chi connectivity index (χ2n) is 5.15. The molecule has 1 heterocycles. The van der Waals surface area contributed by atoms with E-state index in [1.807, 2.05) is 12.1 Å². The van der Waals surface area contributed by atoms with E-state index in [2.05, 4.69) is 10.3 Å². The summed E-state index contributed by atoms with van der Waals surface area (Å²) in [6.07, 6.45) is 0. The monoisotopic (exact) mass is 287 g/mol. The summed E-state index contributed by atoms with van der Waals surface area (Å²) < 4.78 is 0. The molecule has 1 aromatic heterocycles. The van der Waals surface area contributed by atoms with Crippen LogP contribution in [0.25, 0.3) is 10.9 Å². The van der Waals surface area contributed by atoms with Crippen molar-refractivity contribution in [1.29, 1.82) is 0 Å². The summed E-state index contributed by atoms with van der Waals surface area (Å²) in [7, 11) is 0. The van der Waals surface area contributed by atoms with E-state index >= 15 is 0 Å². The number of nitrogens with two attached hydrogens (primary N) is 1. The van der Waals surface area contributed by atoms with Crippen LogP contribution in [0.15, 0.2) is 30.3 Å². The fourth-order valence-electron chi connectivity index (χ4n) is 2.05. The molecular weight excluding hydrogens is 270 g/mol. The highest BCUT2D eigenvalue weighted by Gasteiger charge is 2.24. The summed E-state index contributed by atoms with van der Waals surface area (Å²) >= 11 is 0. The molecule has 0 spiro atoms. The smallest absolute Gasteiger partial charge is 0.326 e. The van der Waals surface area contributed by atoms with Gasteiger partial charge in [0.05, 0.1) is 5.52 Å². The molecule has 1 aromatic carbocycles. The number of nitrogen functional groups attached to an aromatic ring is 1. The van der Waals surface area contributed by atoms with E-state index in [-0.39, 0.29) is 11.6 Å². The van der Waals surface area contributed by atoms with Crippen LogP contribution >= 0.6 is 0 Å². The molecule has 6 heteroatoms. The first-order valence-electron chi connectivity index (χ1n) is 6.59. The highest BCUT2D eigenvalue weighted by molar-refractivity contribution is 6.00. The molecular formula is C15H17N3O3. The largest absolute Gasteiger partial charge is 0.480 e. The van der Waals surface area contributed by atoms with Crippen molar-refractivity contribution >= 4 is 28.5 Å². The van der Waals surface area contributed by atoms with Gasteiger partial charge in [0.2, 0.25) is 0 Å². The third kappa shape index (κ3) is 3.10. The molecule has 0 saturated heterocycles. The van der Waals surface area contributed by atoms with Crippen molar-refractivity contribution in [2.45, 2.75) is 19.9 Å².